The van der Waals surface area contributed by atoms with Crippen molar-refractivity contribution < 1.29 is 53.7 Å². The highest BCUT2D eigenvalue weighted by Gasteiger charge is 2.43. The molecule has 1 aliphatic rings. The van der Waals surface area contributed by atoms with Gasteiger partial charge in [-0.2, -0.15) is 0 Å². The van der Waals surface area contributed by atoms with Crippen molar-refractivity contribution in [2.45, 2.75) is 132 Å². The summed E-state index contributed by atoms with van der Waals surface area (Å²) in [6.07, 6.45) is -0.213. The summed E-state index contributed by atoms with van der Waals surface area (Å²) >= 11 is 0. The second-order valence-electron chi connectivity index (χ2n) is 20.5. The van der Waals surface area contributed by atoms with Gasteiger partial charge in [0, 0.05) is 70.0 Å². The first-order chi connectivity index (χ1) is 38.3. The predicted molar refractivity (Wildman–Crippen MR) is 309 cm³/mol. The van der Waals surface area contributed by atoms with Crippen LogP contribution in [0.1, 0.15) is 70.1 Å². The van der Waals surface area contributed by atoms with E-state index in [9.17, 15) is 53.7 Å². The molecular weight excluding hydrogens is 1080 g/mol. The topological polar surface area (TPSA) is 429 Å². The van der Waals surface area contributed by atoms with Crippen molar-refractivity contribution in [3.8, 4) is 5.75 Å². The molecule has 0 unspecified atom stereocenters. The lowest BCUT2D eigenvalue weighted by Gasteiger charge is -2.36. The number of carbonyl (C=O) groups excluding carboxylic acids is 8. The number of nitrogens with zero attached hydrogens (tertiary/aromatic N) is 1. The molecule has 1 aliphatic heterocycles. The maximum atomic E-state index is 15.0. The molecule has 0 bridgehead atoms. The molecule has 0 radical (unpaired) electrons. The number of aliphatic hydroxyl groups is 2. The zero-order chi connectivity index (χ0) is 59.3. The summed E-state index contributed by atoms with van der Waals surface area (Å²) < 4.78 is -1.46. The van der Waals surface area contributed by atoms with Crippen LogP contribution >= 0.6 is 21.6 Å². The van der Waals surface area contributed by atoms with Gasteiger partial charge in [-0.05, 0) is 81.5 Å². The van der Waals surface area contributed by atoms with E-state index in [1.54, 1.807) is 37.5 Å². The van der Waals surface area contributed by atoms with Crippen molar-refractivity contribution in [3.63, 3.8) is 0 Å². The Balaban J connectivity index is 1.45. The van der Waals surface area contributed by atoms with Crippen LogP contribution in [0.3, 0.4) is 0 Å². The second kappa shape index (κ2) is 28.0. The van der Waals surface area contributed by atoms with Crippen LogP contribution < -0.4 is 60.2 Å². The number of aromatic amines is 2. The third kappa shape index (κ3) is 16.6. The van der Waals surface area contributed by atoms with Gasteiger partial charge in [0.15, 0.2) is 5.96 Å². The van der Waals surface area contributed by atoms with Crippen molar-refractivity contribution in [1.29, 1.82) is 0 Å². The molecule has 27 heteroatoms. The third-order valence-electron chi connectivity index (χ3n) is 13.8. The highest BCUT2D eigenvalue weighted by atomic mass is 33.1. The van der Waals surface area contributed by atoms with Crippen LogP contribution in [0.2, 0.25) is 0 Å². The standard InChI is InChI=1S/C54H72N14O11S2/c1-26(34-24-61-36-14-9-7-12-33(34)36)41(55)50(77)65-40-25-80-81-54(4,5)44(52(79)66-42(27(2)69)45(56)72)68-51(78)43(28(3)70)67-46(73)37(15-10-20-59-53(57)58)62-48(75)39(22-30-23-60-35-13-8-6-11-32(30)35)64-47(74)38(63-49(40)76)21-29-16-18-31(71)19-17-29/h6-9,11-14,16-19,23-24,26-28,37-44,60-61,69-71H,10,15,20-22,25,55H2,1-5H3,(H2,56,72)(H,62,75)(H,63,76)(H,64,74)(H,65,77)(H,66,79)(H,67,73)(H,68,78)(H4,57,58,59)/t26-,27-,28-,37+,38+,39+,40+,41+,42+,43-,44+/m1/s1. The number of phenols is 1. The highest BCUT2D eigenvalue weighted by molar-refractivity contribution is 8.77. The number of H-pyrrole nitrogens is 2. The van der Waals surface area contributed by atoms with E-state index in [-0.39, 0.29) is 49.7 Å². The SMILES string of the molecule is C[C@H](c1c[nH]c2ccccc12)[C@H](N)C(=O)N[C@H]1CSSC(C)(C)[C@H](C(=O)N[C@H](C(N)=O)[C@@H](C)O)NC(=O)[C@@H]([C@@H](C)O)NC(=O)[C@H](CCCN=C(N)N)NC(=O)[C@H](Cc2c[nH]c3ccccc23)NC(=O)[C@H](Cc2ccc(O)cc2)NC1=O. The van der Waals surface area contributed by atoms with Crippen LogP contribution in [-0.2, 0) is 51.2 Å². The van der Waals surface area contributed by atoms with Crippen molar-refractivity contribution in [1.82, 2.24) is 47.2 Å². The molecule has 0 aliphatic carbocycles. The van der Waals surface area contributed by atoms with Gasteiger partial charge in [0.2, 0.25) is 47.3 Å². The number of aromatic hydroxyl groups is 1. The van der Waals surface area contributed by atoms with E-state index in [1.807, 2.05) is 30.3 Å². The first-order valence-electron chi connectivity index (χ1n) is 26.1. The number of phenolic OH excluding ortho intramolecular Hbond substituents is 1. The molecule has 25 nitrogen and oxygen atoms in total. The Bertz CT molecular complexity index is 3090. The molecule has 6 rings (SSSR count). The monoisotopic (exact) mass is 1160 g/mol. The normalized spacial score (nSPS) is 22.5. The Morgan fingerprint density at radius 2 is 1.32 bits per heavy atom. The molecule has 1 saturated heterocycles. The minimum absolute atomic E-state index is 0.00669. The van der Waals surface area contributed by atoms with Crippen molar-refractivity contribution >= 4 is 96.6 Å². The Labute approximate surface area is 474 Å². The number of fused-ring (bicyclic) bond motifs is 2. The smallest absolute Gasteiger partial charge is 0.245 e. The van der Waals surface area contributed by atoms with Crippen LogP contribution in [0.5, 0.6) is 5.75 Å². The first kappa shape index (κ1) is 62.3. The number of hydrogen-bond donors (Lipinski definition) is 16. The summed E-state index contributed by atoms with van der Waals surface area (Å²) in [6.45, 7) is 7.21. The predicted octanol–water partition coefficient (Wildman–Crippen LogP) is -0.861. The average molecular weight is 1160 g/mol. The summed E-state index contributed by atoms with van der Waals surface area (Å²) in [5.41, 5.74) is 26.7. The van der Waals surface area contributed by atoms with Gasteiger partial charge in [0.05, 0.1) is 18.2 Å². The number of aromatic nitrogens is 2. The van der Waals surface area contributed by atoms with Crippen LogP contribution in [0.15, 0.2) is 90.2 Å². The van der Waals surface area contributed by atoms with Gasteiger partial charge in [-0.3, -0.25) is 43.3 Å². The number of para-hydroxylation sites is 2. The number of nitrogens with one attached hydrogen (secondary N) is 9. The molecule has 5 aromatic rings. The maximum absolute atomic E-state index is 15.0. The van der Waals surface area contributed by atoms with E-state index in [0.29, 0.717) is 22.0 Å². The van der Waals surface area contributed by atoms with Gasteiger partial charge < -0.3 is 85.4 Å². The Morgan fingerprint density at radius 3 is 1.95 bits per heavy atom. The summed E-state index contributed by atoms with van der Waals surface area (Å²) in [5.74, 6) is -8.82. The van der Waals surface area contributed by atoms with Crippen LogP contribution in [-0.4, -0.2) is 156 Å². The molecule has 436 valence electrons. The number of aliphatic hydroxyl groups excluding tert-OH is 2. The molecule has 0 spiro atoms. The number of amides is 8. The van der Waals surface area contributed by atoms with Gasteiger partial charge in [-0.25, -0.2) is 0 Å². The number of carbonyl (C=O) groups is 8. The molecule has 20 N–H and O–H groups in total. The van der Waals surface area contributed by atoms with Gasteiger partial charge in [-0.1, -0.05) is 77.0 Å². The van der Waals surface area contributed by atoms with Crippen LogP contribution in [0, 0.1) is 0 Å². The fourth-order valence-corrected chi connectivity index (χ4v) is 12.0. The lowest BCUT2D eigenvalue weighted by Crippen LogP contribution is -2.65. The second-order valence-corrected chi connectivity index (χ2v) is 23.5. The van der Waals surface area contributed by atoms with Gasteiger partial charge in [-0.15, -0.1) is 0 Å². The summed E-state index contributed by atoms with van der Waals surface area (Å²) in [7, 11) is 1.92. The number of rotatable bonds is 17. The number of nitrogens with two attached hydrogens (primary N) is 4. The fourth-order valence-electron chi connectivity index (χ4n) is 9.15. The summed E-state index contributed by atoms with van der Waals surface area (Å²) in [5, 5.41) is 51.8. The quantitative estimate of drug-likeness (QED) is 0.0233. The van der Waals surface area contributed by atoms with E-state index in [0.717, 1.165) is 38.1 Å². The molecule has 1 fully saturated rings. The number of primary amides is 1. The van der Waals surface area contributed by atoms with Crippen molar-refractivity contribution in [2.75, 3.05) is 12.3 Å². The molecule has 11 atom stereocenters. The molecule has 8 amide bonds. The van der Waals surface area contributed by atoms with E-state index >= 15 is 0 Å². The number of aliphatic imine (C=N–C) groups is 1. The molecule has 0 saturated carbocycles. The largest absolute Gasteiger partial charge is 0.508 e. The Hall–Kier alpha value is -7.85. The number of benzene rings is 3. The van der Waals surface area contributed by atoms with E-state index in [4.69, 9.17) is 22.9 Å². The molecule has 81 heavy (non-hydrogen) atoms. The fraction of sp³-hybridized carbons (Fsp3) is 0.426. The van der Waals surface area contributed by atoms with Gasteiger partial charge in [0.1, 0.15) is 48.0 Å². The first-order valence-corrected chi connectivity index (χ1v) is 28.5. The van der Waals surface area contributed by atoms with Crippen molar-refractivity contribution in [2.24, 2.45) is 27.9 Å². The molecule has 2 aromatic heterocycles. The van der Waals surface area contributed by atoms with Crippen LogP contribution in [0.4, 0.5) is 0 Å². The minimum Gasteiger partial charge on any atom is -0.508 e. The van der Waals surface area contributed by atoms with E-state index in [2.05, 4.69) is 52.2 Å². The molecule has 3 aromatic carbocycles. The number of hydrogen-bond acceptors (Lipinski definition) is 15. The zero-order valence-corrected chi connectivity index (χ0v) is 47.0. The van der Waals surface area contributed by atoms with Gasteiger partial charge >= 0.3 is 0 Å². The van der Waals surface area contributed by atoms with E-state index < -0.39 is 118 Å². The Kier molecular flexibility index (Phi) is 21.6. The van der Waals surface area contributed by atoms with Gasteiger partial charge in [0.25, 0.3) is 0 Å². The molecular formula is C54H72N14O11S2. The average Bonchev–Trinajstić information content (AvgIpc) is 4.32. The summed E-state index contributed by atoms with van der Waals surface area (Å²) in [6, 6.07) is 8.16. The third-order valence-corrected chi connectivity index (χ3v) is 17.1. The zero-order valence-electron chi connectivity index (χ0n) is 45.4. The highest BCUT2D eigenvalue weighted by Crippen LogP contribution is 2.39. The van der Waals surface area contributed by atoms with E-state index in [1.165, 1.54) is 52.0 Å². The minimum atomic E-state index is -1.81. The lowest BCUT2D eigenvalue weighted by molar-refractivity contribution is -0.137. The summed E-state index contributed by atoms with van der Waals surface area (Å²) in [4.78, 5) is 125. The molecule has 3 heterocycles. The lowest BCUT2D eigenvalue weighted by atomic mass is 9.93. The maximum Gasteiger partial charge on any atom is 0.245 e. The Morgan fingerprint density at radius 1 is 0.741 bits per heavy atom. The van der Waals surface area contributed by atoms with Crippen LogP contribution in [0.25, 0.3) is 21.8 Å². The van der Waals surface area contributed by atoms with Crippen molar-refractivity contribution in [3.05, 3.63) is 102 Å². The number of guanidine groups is 1.